The number of aromatic nitrogens is 2. The van der Waals surface area contributed by atoms with Crippen molar-refractivity contribution >= 4 is 11.6 Å². The molecule has 0 radical (unpaired) electrons. The number of rotatable bonds is 2. The zero-order valence-electron chi connectivity index (χ0n) is 10.4. The summed E-state index contributed by atoms with van der Waals surface area (Å²) in [4.78, 5) is 0. The van der Waals surface area contributed by atoms with E-state index in [0.29, 0.717) is 17.5 Å². The van der Waals surface area contributed by atoms with Crippen molar-refractivity contribution in [2.45, 2.75) is 19.0 Å². The van der Waals surface area contributed by atoms with Crippen molar-refractivity contribution in [3.8, 4) is 17.0 Å². The molecule has 1 N–H and O–H groups in total. The summed E-state index contributed by atoms with van der Waals surface area (Å²) >= 11 is 5.58. The first-order valence-electron chi connectivity index (χ1n) is 5.62. The highest BCUT2D eigenvalue weighted by atomic mass is 35.5. The van der Waals surface area contributed by atoms with Gasteiger partial charge < -0.3 is 5.11 Å². The Hall–Kier alpha value is -1.82. The highest BCUT2D eigenvalue weighted by Crippen LogP contribution is 2.38. The van der Waals surface area contributed by atoms with Crippen molar-refractivity contribution in [2.75, 3.05) is 0 Å². The molecule has 0 atom stereocenters. The third kappa shape index (κ3) is 2.85. The van der Waals surface area contributed by atoms with Crippen LogP contribution in [0.4, 0.5) is 13.2 Å². The summed E-state index contributed by atoms with van der Waals surface area (Å²) in [6.07, 6.45) is -4.51. The molecule has 0 aliphatic rings. The highest BCUT2D eigenvalue weighted by Gasteiger charge is 2.32. The molecule has 2 aromatic rings. The topological polar surface area (TPSA) is 46.0 Å². The standard InChI is InChI=1S/C13H10ClF3N2O/c1-7-4-8(13(15,16)17)5-11(20)12(7)10-3-2-9(6-14)18-19-10/h2-5,20H,6H2,1H3. The molecule has 20 heavy (non-hydrogen) atoms. The summed E-state index contributed by atoms with van der Waals surface area (Å²) in [5.41, 5.74) is 0.431. The average Bonchev–Trinajstić information content (AvgIpc) is 2.37. The molecule has 2 rings (SSSR count). The zero-order valence-corrected chi connectivity index (χ0v) is 11.1. The van der Waals surface area contributed by atoms with Gasteiger partial charge in [-0.2, -0.15) is 23.4 Å². The van der Waals surface area contributed by atoms with Gasteiger partial charge in [0.15, 0.2) is 0 Å². The molecule has 1 aromatic carbocycles. The number of phenolic OH excluding ortho intramolecular Hbond substituents is 1. The quantitative estimate of drug-likeness (QED) is 0.855. The third-order valence-corrected chi connectivity index (χ3v) is 3.03. The van der Waals surface area contributed by atoms with E-state index in [1.54, 1.807) is 12.1 Å². The first-order chi connectivity index (χ1) is 9.32. The Bertz CT molecular complexity index is 603. The lowest BCUT2D eigenvalue weighted by Crippen LogP contribution is -2.06. The zero-order chi connectivity index (χ0) is 14.9. The van der Waals surface area contributed by atoms with Gasteiger partial charge in [0.05, 0.1) is 22.8 Å². The fraction of sp³-hybridized carbons (Fsp3) is 0.231. The molecule has 0 bridgehead atoms. The predicted molar refractivity (Wildman–Crippen MR) is 68.4 cm³/mol. The Balaban J connectivity index is 2.52. The van der Waals surface area contributed by atoms with E-state index in [4.69, 9.17) is 11.6 Å². The summed E-state index contributed by atoms with van der Waals surface area (Å²) < 4.78 is 37.9. The van der Waals surface area contributed by atoms with E-state index in [2.05, 4.69) is 10.2 Å². The first-order valence-corrected chi connectivity index (χ1v) is 6.16. The Labute approximate surface area is 118 Å². The van der Waals surface area contributed by atoms with Crippen LogP contribution in [0, 0.1) is 6.92 Å². The van der Waals surface area contributed by atoms with Crippen LogP contribution in [0.15, 0.2) is 24.3 Å². The van der Waals surface area contributed by atoms with E-state index in [1.165, 1.54) is 6.92 Å². The number of benzene rings is 1. The first kappa shape index (κ1) is 14.6. The fourth-order valence-electron chi connectivity index (χ4n) is 1.83. The smallest absolute Gasteiger partial charge is 0.416 e. The summed E-state index contributed by atoms with van der Waals surface area (Å²) in [6.45, 7) is 1.47. The molecule has 0 saturated carbocycles. The van der Waals surface area contributed by atoms with Crippen LogP contribution < -0.4 is 0 Å². The average molecular weight is 303 g/mol. The number of halogens is 4. The minimum atomic E-state index is -4.51. The molecule has 0 spiro atoms. The largest absolute Gasteiger partial charge is 0.507 e. The molecule has 0 unspecified atom stereocenters. The van der Waals surface area contributed by atoms with Crippen LogP contribution >= 0.6 is 11.6 Å². The summed E-state index contributed by atoms with van der Waals surface area (Å²) in [6, 6.07) is 4.80. The van der Waals surface area contributed by atoms with Gasteiger partial charge in [-0.1, -0.05) is 0 Å². The van der Waals surface area contributed by atoms with E-state index in [-0.39, 0.29) is 17.0 Å². The number of hydrogen-bond acceptors (Lipinski definition) is 3. The van der Waals surface area contributed by atoms with Crippen molar-refractivity contribution in [3.05, 3.63) is 41.1 Å². The molecule has 7 heteroatoms. The molecule has 3 nitrogen and oxygen atoms in total. The van der Waals surface area contributed by atoms with Gasteiger partial charge in [0.25, 0.3) is 0 Å². The van der Waals surface area contributed by atoms with E-state index in [9.17, 15) is 18.3 Å². The van der Waals surface area contributed by atoms with Gasteiger partial charge in [0, 0.05) is 5.56 Å². The van der Waals surface area contributed by atoms with E-state index >= 15 is 0 Å². The Morgan fingerprint density at radius 2 is 1.90 bits per heavy atom. The Morgan fingerprint density at radius 1 is 1.20 bits per heavy atom. The van der Waals surface area contributed by atoms with Crippen LogP contribution in [0.5, 0.6) is 5.75 Å². The molecule has 1 aromatic heterocycles. The van der Waals surface area contributed by atoms with Crippen LogP contribution in [-0.2, 0) is 12.1 Å². The molecule has 1 heterocycles. The highest BCUT2D eigenvalue weighted by molar-refractivity contribution is 6.16. The fourth-order valence-corrected chi connectivity index (χ4v) is 1.97. The molecular formula is C13H10ClF3N2O. The van der Waals surface area contributed by atoms with Crippen molar-refractivity contribution in [3.63, 3.8) is 0 Å². The lowest BCUT2D eigenvalue weighted by atomic mass is 10.0. The van der Waals surface area contributed by atoms with Crippen LogP contribution in [-0.4, -0.2) is 15.3 Å². The molecule has 0 aliphatic heterocycles. The molecule has 0 amide bonds. The van der Waals surface area contributed by atoms with Crippen molar-refractivity contribution in [1.29, 1.82) is 0 Å². The van der Waals surface area contributed by atoms with Gasteiger partial charge in [0.2, 0.25) is 0 Å². The third-order valence-electron chi connectivity index (χ3n) is 2.75. The van der Waals surface area contributed by atoms with Crippen LogP contribution in [0.2, 0.25) is 0 Å². The second kappa shape index (κ2) is 5.28. The normalized spacial score (nSPS) is 11.7. The number of hydrogen-bond donors (Lipinski definition) is 1. The number of aryl methyl sites for hydroxylation is 1. The van der Waals surface area contributed by atoms with Crippen LogP contribution in [0.25, 0.3) is 11.3 Å². The lowest BCUT2D eigenvalue weighted by Gasteiger charge is -2.12. The maximum Gasteiger partial charge on any atom is 0.416 e. The maximum absolute atomic E-state index is 12.6. The van der Waals surface area contributed by atoms with E-state index < -0.39 is 17.5 Å². The van der Waals surface area contributed by atoms with Crippen LogP contribution in [0.1, 0.15) is 16.8 Å². The minimum Gasteiger partial charge on any atom is -0.507 e. The van der Waals surface area contributed by atoms with Crippen molar-refractivity contribution in [1.82, 2.24) is 10.2 Å². The number of phenols is 1. The Kier molecular flexibility index (Phi) is 3.85. The lowest BCUT2D eigenvalue weighted by molar-refractivity contribution is -0.137. The van der Waals surface area contributed by atoms with Gasteiger partial charge in [0.1, 0.15) is 5.75 Å². The molecule has 0 saturated heterocycles. The number of nitrogens with zero attached hydrogens (tertiary/aromatic N) is 2. The van der Waals surface area contributed by atoms with Gasteiger partial charge in [-0.05, 0) is 36.8 Å². The maximum atomic E-state index is 12.6. The number of alkyl halides is 4. The van der Waals surface area contributed by atoms with Gasteiger partial charge >= 0.3 is 6.18 Å². The molecular weight excluding hydrogens is 293 g/mol. The molecule has 0 fully saturated rings. The van der Waals surface area contributed by atoms with Gasteiger partial charge in [-0.15, -0.1) is 11.6 Å². The Morgan fingerprint density at radius 3 is 2.35 bits per heavy atom. The van der Waals surface area contributed by atoms with E-state index in [0.717, 1.165) is 6.07 Å². The minimum absolute atomic E-state index is 0.186. The van der Waals surface area contributed by atoms with Gasteiger partial charge in [-0.3, -0.25) is 0 Å². The summed E-state index contributed by atoms with van der Waals surface area (Å²) in [5.74, 6) is -0.295. The molecule has 0 aliphatic carbocycles. The summed E-state index contributed by atoms with van der Waals surface area (Å²) in [5, 5.41) is 17.5. The second-order valence-corrected chi connectivity index (χ2v) is 4.50. The van der Waals surface area contributed by atoms with Gasteiger partial charge in [-0.25, -0.2) is 0 Å². The number of aromatic hydroxyl groups is 1. The predicted octanol–water partition coefficient (Wildman–Crippen LogP) is 3.92. The van der Waals surface area contributed by atoms with Crippen molar-refractivity contribution in [2.24, 2.45) is 0 Å². The van der Waals surface area contributed by atoms with Crippen LogP contribution in [0.3, 0.4) is 0 Å². The monoisotopic (exact) mass is 302 g/mol. The summed E-state index contributed by atoms with van der Waals surface area (Å²) in [7, 11) is 0. The van der Waals surface area contributed by atoms with Crippen molar-refractivity contribution < 1.29 is 18.3 Å². The SMILES string of the molecule is Cc1cc(C(F)(F)F)cc(O)c1-c1ccc(CCl)nn1. The molecule has 106 valence electrons. The second-order valence-electron chi connectivity index (χ2n) is 4.23. The van der Waals surface area contributed by atoms with E-state index in [1.807, 2.05) is 0 Å².